The van der Waals surface area contributed by atoms with Crippen LogP contribution in [0.1, 0.15) is 0 Å². The van der Waals surface area contributed by atoms with Crippen molar-refractivity contribution >= 4 is 78.5 Å². The highest BCUT2D eigenvalue weighted by atomic mass is 79.9. The average molecular weight is 490 g/mol. The molecule has 0 bridgehead atoms. The molecule has 5 nitrogen and oxygen atoms in total. The number of halogens is 5. The van der Waals surface area contributed by atoms with Gasteiger partial charge in [0.15, 0.2) is 5.50 Å². The third-order valence-corrected chi connectivity index (χ3v) is 6.53. The number of hydrogen-bond acceptors (Lipinski definition) is 3. The van der Waals surface area contributed by atoms with E-state index in [0.717, 1.165) is 9.80 Å². The Bertz CT molecular complexity index is 687. The normalized spacial score (nSPS) is 19.0. The number of rotatable bonds is 4. The van der Waals surface area contributed by atoms with Crippen LogP contribution < -0.4 is 4.90 Å². The summed E-state index contributed by atoms with van der Waals surface area (Å²) in [5.74, 6) is -1.59. The molecule has 1 aliphatic heterocycles. The summed E-state index contributed by atoms with van der Waals surface area (Å²) in [5.41, 5.74) is -1.11. The molecule has 2 rings (SSSR count). The second-order valence-corrected chi connectivity index (χ2v) is 9.19. The number of amides is 3. The van der Waals surface area contributed by atoms with Crippen LogP contribution in [0.3, 0.4) is 0 Å². The van der Waals surface area contributed by atoms with Gasteiger partial charge in [0.25, 0.3) is 5.91 Å². The highest BCUT2D eigenvalue weighted by Crippen LogP contribution is 2.36. The van der Waals surface area contributed by atoms with Crippen LogP contribution in [0.4, 0.5) is 14.9 Å². The Morgan fingerprint density at radius 2 is 1.96 bits per heavy atom. The lowest BCUT2D eigenvalue weighted by atomic mass is 10.3. The van der Waals surface area contributed by atoms with Gasteiger partial charge in [-0.25, -0.2) is 19.1 Å². The number of nitrogens with zero attached hydrogens (tertiary/aromatic N) is 3. The lowest BCUT2D eigenvalue weighted by Crippen LogP contribution is -2.35. The quantitative estimate of drug-likeness (QED) is 0.366. The first-order valence-electron chi connectivity index (χ1n) is 6.23. The highest BCUT2D eigenvalue weighted by Gasteiger charge is 2.44. The maximum absolute atomic E-state index is 14.0. The molecule has 124 valence electrons. The zero-order valence-corrected chi connectivity index (χ0v) is 16.3. The monoisotopic (exact) mass is 487 g/mol. The van der Waals surface area contributed by atoms with E-state index < -0.39 is 26.5 Å². The van der Waals surface area contributed by atoms with E-state index in [9.17, 15) is 14.0 Å². The smallest absolute Gasteiger partial charge is 0.265 e. The fourth-order valence-corrected chi connectivity index (χ4v) is 2.40. The van der Waals surface area contributed by atoms with E-state index in [2.05, 4.69) is 36.9 Å². The molecule has 1 fully saturated rings. The van der Waals surface area contributed by atoms with Crippen molar-refractivity contribution in [3.8, 4) is 0 Å². The van der Waals surface area contributed by atoms with E-state index in [1.165, 1.54) is 25.2 Å². The van der Waals surface area contributed by atoms with Crippen LogP contribution in [0.25, 0.3) is 0 Å². The van der Waals surface area contributed by atoms with Gasteiger partial charge in [-0.1, -0.05) is 55.6 Å². The number of aliphatic imine (C=N–C) groups is 1. The van der Waals surface area contributed by atoms with Crippen molar-refractivity contribution in [1.29, 1.82) is 0 Å². The van der Waals surface area contributed by atoms with E-state index in [1.54, 1.807) is 6.07 Å². The molecule has 1 atom stereocenters. The molecule has 0 N–H and O–H groups in total. The molecule has 0 saturated carbocycles. The number of imide groups is 1. The Labute approximate surface area is 158 Å². The molecule has 1 unspecified atom stereocenters. The number of anilines is 1. The number of carbonyl (C=O) groups is 2. The van der Waals surface area contributed by atoms with Crippen LogP contribution in [0.2, 0.25) is 0 Å². The first-order valence-corrected chi connectivity index (χ1v) is 8.78. The minimum Gasteiger partial charge on any atom is -0.265 e. The summed E-state index contributed by atoms with van der Waals surface area (Å²) in [5, 5.41) is 0. The number of para-hydroxylation sites is 1. The molecule has 0 spiro atoms. The third-order valence-electron chi connectivity index (χ3n) is 3.04. The Balaban J connectivity index is 2.53. The molecule has 1 saturated heterocycles. The van der Waals surface area contributed by atoms with E-state index in [-0.39, 0.29) is 17.4 Å². The molecule has 3 amide bonds. The van der Waals surface area contributed by atoms with E-state index in [0.29, 0.717) is 0 Å². The standard InChI is InChI=1S/C13H10Br2Cl2FN3O2/c1-20-10(22)9(19-11(17)13(14,15)6-16)21(12(20)23)8-5-3-2-4-7(8)18/h2-5,11H,6H2,1H3/b19-9-. The van der Waals surface area contributed by atoms with Crippen molar-refractivity contribution in [2.75, 3.05) is 17.8 Å². The Morgan fingerprint density at radius 3 is 2.52 bits per heavy atom. The molecule has 10 heteroatoms. The zero-order valence-electron chi connectivity index (χ0n) is 11.6. The van der Waals surface area contributed by atoms with Crippen LogP contribution in [0, 0.1) is 5.82 Å². The predicted octanol–water partition coefficient (Wildman–Crippen LogP) is 3.91. The summed E-state index contributed by atoms with van der Waals surface area (Å²) in [7, 11) is 1.28. The predicted molar refractivity (Wildman–Crippen MR) is 95.4 cm³/mol. The molecule has 1 heterocycles. The molecule has 1 aromatic carbocycles. The SMILES string of the molecule is CN1C(=O)/C(=N/C(Cl)C(Br)(Br)CCl)N(c2ccccc2F)C1=O. The zero-order chi connectivity index (χ0) is 17.4. The van der Waals surface area contributed by atoms with Crippen molar-refractivity contribution < 1.29 is 14.0 Å². The van der Waals surface area contributed by atoms with E-state index in [1.807, 2.05) is 0 Å². The second-order valence-electron chi connectivity index (χ2n) is 4.62. The number of alkyl halides is 4. The molecule has 23 heavy (non-hydrogen) atoms. The Hall–Kier alpha value is -0.700. The van der Waals surface area contributed by atoms with Crippen LogP contribution in [0.15, 0.2) is 29.3 Å². The van der Waals surface area contributed by atoms with Crippen molar-refractivity contribution in [1.82, 2.24) is 4.90 Å². The van der Waals surface area contributed by atoms with E-state index >= 15 is 0 Å². The fraction of sp³-hybridized carbons (Fsp3) is 0.308. The van der Waals surface area contributed by atoms with Crippen LogP contribution in [-0.2, 0) is 4.79 Å². The van der Waals surface area contributed by atoms with Gasteiger partial charge in [-0.15, -0.1) is 11.6 Å². The molecule has 0 aromatic heterocycles. The lowest BCUT2D eigenvalue weighted by Gasteiger charge is -2.22. The summed E-state index contributed by atoms with van der Waals surface area (Å²) < 4.78 is 13.0. The van der Waals surface area contributed by atoms with Crippen LogP contribution in [-0.4, -0.2) is 44.3 Å². The lowest BCUT2D eigenvalue weighted by molar-refractivity contribution is -0.119. The number of urea groups is 1. The van der Waals surface area contributed by atoms with Gasteiger partial charge in [0.1, 0.15) is 9.05 Å². The number of carbonyl (C=O) groups excluding carboxylic acids is 2. The van der Waals surface area contributed by atoms with Crippen molar-refractivity contribution in [3.63, 3.8) is 0 Å². The van der Waals surface area contributed by atoms with Gasteiger partial charge in [-0.3, -0.25) is 9.69 Å². The fourth-order valence-electron chi connectivity index (χ4n) is 1.80. The number of benzene rings is 1. The molecular formula is C13H10Br2Cl2FN3O2. The van der Waals surface area contributed by atoms with Gasteiger partial charge in [0.2, 0.25) is 5.84 Å². The minimum absolute atomic E-state index is 0.0373. The topological polar surface area (TPSA) is 53.0 Å². The first-order chi connectivity index (χ1) is 10.7. The van der Waals surface area contributed by atoms with Crippen molar-refractivity contribution in [2.24, 2.45) is 4.99 Å². The highest BCUT2D eigenvalue weighted by molar-refractivity contribution is 9.25. The number of amidine groups is 1. The average Bonchev–Trinajstić information content (AvgIpc) is 2.72. The molecule has 1 aliphatic rings. The number of hydrogen-bond donors (Lipinski definition) is 0. The van der Waals surface area contributed by atoms with Crippen LogP contribution >= 0.6 is 55.1 Å². The summed E-state index contributed by atoms with van der Waals surface area (Å²) in [4.78, 5) is 30.3. The maximum atomic E-state index is 14.0. The van der Waals surface area contributed by atoms with Gasteiger partial charge in [-0.2, -0.15) is 0 Å². The van der Waals surface area contributed by atoms with Crippen molar-refractivity contribution in [3.05, 3.63) is 30.1 Å². The van der Waals surface area contributed by atoms with Gasteiger partial charge < -0.3 is 0 Å². The molecule has 1 aromatic rings. The van der Waals surface area contributed by atoms with Gasteiger partial charge >= 0.3 is 6.03 Å². The van der Waals surface area contributed by atoms with E-state index in [4.69, 9.17) is 23.2 Å². The third kappa shape index (κ3) is 3.55. The van der Waals surface area contributed by atoms with Gasteiger partial charge in [-0.05, 0) is 12.1 Å². The number of likely N-dealkylation sites (N-methyl/N-ethyl adjacent to an activating group) is 1. The molecule has 0 radical (unpaired) electrons. The van der Waals surface area contributed by atoms with Gasteiger partial charge in [0, 0.05) is 7.05 Å². The first kappa shape index (κ1) is 18.6. The molecular weight excluding hydrogens is 480 g/mol. The summed E-state index contributed by atoms with van der Waals surface area (Å²) in [6.07, 6.45) is 0. The maximum Gasteiger partial charge on any atom is 0.337 e. The molecule has 0 aliphatic carbocycles. The largest absolute Gasteiger partial charge is 0.337 e. The van der Waals surface area contributed by atoms with Crippen LogP contribution in [0.5, 0.6) is 0 Å². The summed E-state index contributed by atoms with van der Waals surface area (Å²) in [6.45, 7) is 0. The minimum atomic E-state index is -1.02. The Kier molecular flexibility index (Phi) is 5.71. The summed E-state index contributed by atoms with van der Waals surface area (Å²) >= 11 is 18.4. The second kappa shape index (κ2) is 7.04. The Morgan fingerprint density at radius 1 is 1.35 bits per heavy atom. The van der Waals surface area contributed by atoms with Crippen molar-refractivity contribution in [2.45, 2.75) is 8.73 Å². The summed E-state index contributed by atoms with van der Waals surface area (Å²) in [6, 6.07) is 4.85. The van der Waals surface area contributed by atoms with Gasteiger partial charge in [0.05, 0.1) is 11.6 Å².